The highest BCUT2D eigenvalue weighted by molar-refractivity contribution is 7.92. The van der Waals surface area contributed by atoms with Crippen LogP contribution in [0.2, 0.25) is 0 Å². The molecule has 20 heteroatoms. The molecule has 0 aliphatic carbocycles. The zero-order chi connectivity index (χ0) is 72.2. The first kappa shape index (κ1) is 56.2. The summed E-state index contributed by atoms with van der Waals surface area (Å²) in [5.74, 6) is -0.0281. The molecule has 2 heterocycles. The molecule has 0 atom stereocenters. The van der Waals surface area contributed by atoms with E-state index in [0.717, 1.165) is 48.5 Å². The number of aromatic hydroxyl groups is 2. The third-order valence-electron chi connectivity index (χ3n) is 13.3. The van der Waals surface area contributed by atoms with Gasteiger partial charge in [-0.25, -0.2) is 31.6 Å². The van der Waals surface area contributed by atoms with Crippen LogP contribution in [0.3, 0.4) is 0 Å². The van der Waals surface area contributed by atoms with Crippen molar-refractivity contribution >= 4 is 106 Å². The maximum Gasteiger partial charge on any atom is 0.410 e. The second-order valence-corrected chi connectivity index (χ2v) is 25.0. The van der Waals surface area contributed by atoms with E-state index in [9.17, 15) is 41.4 Å². The molecule has 8 aromatic rings. The van der Waals surface area contributed by atoms with Gasteiger partial charge >= 0.3 is 6.09 Å². The minimum atomic E-state index is -3.67. The Hall–Kier alpha value is -8.26. The number of sulfonamides is 2. The summed E-state index contributed by atoms with van der Waals surface area (Å²) in [6.45, 7) is 11.8. The Morgan fingerprint density at radius 3 is 1.31 bits per heavy atom. The van der Waals surface area contributed by atoms with E-state index < -0.39 is 31.7 Å². The van der Waals surface area contributed by atoms with Gasteiger partial charge in [-0.2, -0.15) is 0 Å². The van der Waals surface area contributed by atoms with Crippen LogP contribution in [0.15, 0.2) is 156 Å². The van der Waals surface area contributed by atoms with Crippen LogP contribution in [-0.4, -0.2) is 116 Å². The Morgan fingerprint density at radius 2 is 0.952 bits per heavy atom. The summed E-state index contributed by atoms with van der Waals surface area (Å²) in [5, 5.41) is 23.5. The van der Waals surface area contributed by atoms with Crippen molar-refractivity contribution in [1.29, 1.82) is 0 Å². The molecule has 0 bridgehead atoms. The van der Waals surface area contributed by atoms with E-state index in [1.165, 1.54) is 19.8 Å². The molecule has 0 aliphatic heterocycles. The molecule has 6 aromatic carbocycles. The van der Waals surface area contributed by atoms with E-state index in [1.54, 1.807) is 101 Å². The van der Waals surface area contributed by atoms with Gasteiger partial charge in [-0.1, -0.05) is 112 Å². The number of anilines is 2. The third-order valence-corrected chi connectivity index (χ3v) is 15.7. The molecular weight excluding hydrogens is 1130 g/mol. The lowest BCUT2D eigenvalue weighted by molar-refractivity contribution is 0.0304. The number of aromatic amines is 2. The van der Waals surface area contributed by atoms with Crippen LogP contribution in [0.5, 0.6) is 11.8 Å². The molecule has 4 N–H and O–H groups in total. The zero-order valence-electron chi connectivity index (χ0n) is 60.8. The number of unbranched alkanes of at least 4 members (excludes halogenated alkanes) is 1. The minimum absolute atomic E-state index is 0. The van der Waals surface area contributed by atoms with Gasteiger partial charge in [0.25, 0.3) is 0 Å². The Balaban J connectivity index is 0.00000163. The number of hydrogen-bond donors (Lipinski definition) is 4. The molecule has 2 aromatic heterocycles. The van der Waals surface area contributed by atoms with E-state index in [2.05, 4.69) is 9.97 Å². The van der Waals surface area contributed by atoms with E-state index in [4.69, 9.17) is 32.5 Å². The summed E-state index contributed by atoms with van der Waals surface area (Å²) in [7, 11) is -5.53. The number of aromatic nitrogens is 2. The molecular formula is C64H86ClN7O10S2. The molecule has 0 unspecified atom stereocenters. The summed E-state index contributed by atoms with van der Waals surface area (Å²) >= 11 is 0. The average Bonchev–Trinajstić information content (AvgIpc) is 1.61. The molecule has 0 spiro atoms. The summed E-state index contributed by atoms with van der Waals surface area (Å²) in [6.07, 6.45) is 5.84. The van der Waals surface area contributed by atoms with Crippen molar-refractivity contribution in [2.75, 3.05) is 47.8 Å². The number of ether oxygens (including phenoxy) is 1. The van der Waals surface area contributed by atoms with Crippen molar-refractivity contribution < 1.29 is 64.0 Å². The number of fused-ring (bicyclic) bond motifs is 2. The highest BCUT2D eigenvalue weighted by atomic mass is 35.5. The van der Waals surface area contributed by atoms with Gasteiger partial charge in [-0.05, 0) is 101 Å². The number of benzene rings is 6. The molecule has 17 nitrogen and oxygen atoms in total. The highest BCUT2D eigenvalue weighted by Gasteiger charge is 2.25. The normalized spacial score (nSPS) is 12.6. The lowest BCUT2D eigenvalue weighted by atomic mass is 9.99. The summed E-state index contributed by atoms with van der Waals surface area (Å²) in [4.78, 5) is 54.5. The smallest absolute Gasteiger partial charge is 0.410 e. The maximum absolute atomic E-state index is 12.7. The quantitative estimate of drug-likeness (QED) is 0.0370. The molecule has 1 amide bonds. The van der Waals surface area contributed by atoms with Gasteiger partial charge in [0.15, 0.2) is 23.3 Å². The molecule has 0 saturated heterocycles. The number of hydrogen-bond acceptors (Lipinski definition) is 12. The van der Waals surface area contributed by atoms with Crippen molar-refractivity contribution in [1.82, 2.24) is 14.9 Å². The fourth-order valence-electron chi connectivity index (χ4n) is 9.25. The average molecular weight is 1230 g/mol. The summed E-state index contributed by atoms with van der Waals surface area (Å²) < 4.78 is 118. The second-order valence-electron chi connectivity index (χ2n) is 21.2. The lowest BCUT2D eigenvalue weighted by Gasteiger charge is -2.27. The first-order valence-electron chi connectivity index (χ1n) is 33.5. The highest BCUT2D eigenvalue weighted by Crippen LogP contribution is 2.35. The van der Waals surface area contributed by atoms with Crippen molar-refractivity contribution in [2.24, 2.45) is 9.98 Å². The first-order valence-corrected chi connectivity index (χ1v) is 31.2. The standard InChI is InChI=1S/C34H40N4O6S.C30H33N3O4S.ClH.6H2/c1-7-11-29(39)24-14-19-27-28(22-24)36-32(40)30(27)31(23-12-9-8-10-13-23)35-25-15-17-26(18-16-25)38(45(6,42)43)21-20-37(5)33(41)44-34(2,3)4;1-4-6-19-33(38(3,36)37)24-16-14-23(15-17-24)31-29(21-11-8-7-9-12-21)28-25-18-13-22(27(34)10-5-2)20-26(25)32-30(28)35;;;;;;;/h8-10,12-19,22,36,40H,7,11,20-21H2,1-6H3;7-9,11-18,20,32,35H,4-6,10,19H2,1-3H3;7*1H/i;;;6*1+1D. The predicted octanol–water partition coefficient (Wildman–Crippen LogP) is 15.1. The Labute approximate surface area is 517 Å². The van der Waals surface area contributed by atoms with Crippen LogP contribution in [0, 0.1) is 0 Å². The van der Waals surface area contributed by atoms with Gasteiger partial charge in [0.05, 0.1) is 64.4 Å². The van der Waals surface area contributed by atoms with Gasteiger partial charge in [-0.15, -0.1) is 12.4 Å². The summed E-state index contributed by atoms with van der Waals surface area (Å²) in [5.41, 5.74) is 7.53. The van der Waals surface area contributed by atoms with Gasteiger partial charge in [0.2, 0.25) is 20.0 Å². The molecule has 0 aliphatic rings. The lowest BCUT2D eigenvalue weighted by Crippen LogP contribution is -2.41. The number of nitrogens with zero attached hydrogens (tertiary/aromatic N) is 5. The predicted molar refractivity (Wildman–Crippen MR) is 353 cm³/mol. The Bertz CT molecular complexity index is 3930. The van der Waals surface area contributed by atoms with Crippen LogP contribution in [-0.2, 0) is 24.8 Å². The minimum Gasteiger partial charge on any atom is -0.494 e. The molecule has 84 heavy (non-hydrogen) atoms. The largest absolute Gasteiger partial charge is 0.494 e. The van der Waals surface area contributed by atoms with E-state index in [0.29, 0.717) is 92.2 Å². The number of rotatable bonds is 22. The monoisotopic (exact) mass is 1220 g/mol. The van der Waals surface area contributed by atoms with Crippen LogP contribution in [0.4, 0.5) is 27.5 Å². The Morgan fingerprint density at radius 1 is 0.560 bits per heavy atom. The van der Waals surface area contributed by atoms with E-state index >= 15 is 0 Å². The first-order chi connectivity index (χ1) is 45.4. The fourth-order valence-corrected chi connectivity index (χ4v) is 11.1. The number of H-pyrrole nitrogens is 2. The number of ketones is 2. The Kier molecular flexibility index (Phi) is 19.0. The van der Waals surface area contributed by atoms with Crippen molar-refractivity contribution in [2.45, 2.75) is 85.7 Å². The number of carbonyl (C=O) groups is 3. The number of aliphatic imine (C=N–C) groups is 2. The molecule has 0 radical (unpaired) electrons. The van der Waals surface area contributed by atoms with Crippen LogP contribution < -0.4 is 8.61 Å². The number of halogens is 1. The van der Waals surface area contributed by atoms with Gasteiger partial charge < -0.3 is 29.8 Å². The number of nitrogens with one attached hydrogen (secondary N) is 2. The van der Waals surface area contributed by atoms with Crippen LogP contribution in [0.25, 0.3) is 21.8 Å². The molecule has 0 saturated carbocycles. The van der Waals surface area contributed by atoms with Crippen LogP contribution >= 0.6 is 12.4 Å². The number of amides is 1. The van der Waals surface area contributed by atoms with Crippen molar-refractivity contribution in [3.8, 4) is 11.8 Å². The zero-order valence-corrected chi connectivity index (χ0v) is 51.3. The van der Waals surface area contributed by atoms with E-state index in [1.807, 2.05) is 93.6 Å². The SMILES string of the molecule is CCCC(=O)c1ccc2c(C(=Nc3ccc(N(CCN(C)C(=O)OC(C)(C)C)S(C)(=O)=O)cc3)c3ccccc3)c(O)[nH]c2c1.CCCCN(c1ccc(N=C(c2ccccc2)c2c(O)[nH]c3cc(C(=O)CCC)ccc23)cc1)S(C)(=O)=O.Cl.[2H][2H].[2H][2H].[2H][2H].[2H][2H].[2H][2H].[2H][2H]. The third kappa shape index (κ3) is 16.5. The number of carbonyl (C=O) groups excluding carboxylic acids is 3. The summed E-state index contributed by atoms with van der Waals surface area (Å²) in [6, 6.07) is 43.4. The number of likely N-dealkylation sites (N-methyl/N-ethyl adjacent to an activating group) is 1. The van der Waals surface area contributed by atoms with Crippen molar-refractivity contribution in [3.63, 3.8) is 0 Å². The van der Waals surface area contributed by atoms with E-state index in [-0.39, 0.29) is 48.8 Å². The molecule has 0 fully saturated rings. The maximum atomic E-state index is 12.7. The fraction of sp³-hybridized carbons (Fsp3) is 0.297. The second kappa shape index (κ2) is 28.3. The van der Waals surface area contributed by atoms with Gasteiger partial charge in [-0.3, -0.25) is 18.2 Å². The topological polar surface area (TPSA) is 235 Å². The molecule has 456 valence electrons. The van der Waals surface area contributed by atoms with Gasteiger partial charge in [0.1, 0.15) is 5.60 Å². The number of Topliss-reactive ketones (excluding diaryl/α,β-unsaturated/α-hetero) is 2. The molecule has 8 rings (SSSR count). The van der Waals surface area contributed by atoms with Crippen LogP contribution in [0.1, 0.15) is 141 Å². The van der Waals surface area contributed by atoms with Gasteiger partial charge in [0, 0.05) is 94.9 Å². The van der Waals surface area contributed by atoms with Crippen molar-refractivity contribution in [3.05, 3.63) is 179 Å².